The molecule has 1 amide bonds. The van der Waals surface area contributed by atoms with Crippen molar-refractivity contribution in [2.75, 3.05) is 24.7 Å². The van der Waals surface area contributed by atoms with Gasteiger partial charge < -0.3 is 20.5 Å². The zero-order valence-corrected chi connectivity index (χ0v) is 12.2. The average Bonchev–Trinajstić information content (AvgIpc) is 2.89. The van der Waals surface area contributed by atoms with Crippen molar-refractivity contribution in [3.05, 3.63) is 29.3 Å². The second-order valence-electron chi connectivity index (χ2n) is 5.22. The molecule has 1 saturated heterocycles. The Bertz CT molecular complexity index is 559. The molecule has 1 aliphatic heterocycles. The van der Waals surface area contributed by atoms with E-state index in [1.165, 1.54) is 0 Å². The molecular formula is C15H20N2O4. The first-order chi connectivity index (χ1) is 9.95. The molecule has 21 heavy (non-hydrogen) atoms. The molecule has 114 valence electrons. The Morgan fingerprint density at radius 2 is 2.14 bits per heavy atom. The maximum atomic E-state index is 11.6. The normalized spacial score (nSPS) is 21.2. The van der Waals surface area contributed by atoms with Gasteiger partial charge in [-0.25, -0.2) is 0 Å². The zero-order chi connectivity index (χ0) is 15.6. The van der Waals surface area contributed by atoms with Gasteiger partial charge in [0.15, 0.2) is 0 Å². The number of amides is 1. The molecule has 1 heterocycles. The van der Waals surface area contributed by atoms with Crippen molar-refractivity contribution in [3.8, 4) is 0 Å². The Balaban J connectivity index is 2.44. The molecule has 0 aliphatic carbocycles. The number of ether oxygens (including phenoxy) is 1. The highest BCUT2D eigenvalue weighted by molar-refractivity contribution is 5.99. The van der Waals surface area contributed by atoms with Gasteiger partial charge >= 0.3 is 5.97 Å². The van der Waals surface area contributed by atoms with Crippen LogP contribution in [0, 0.1) is 12.8 Å². The number of rotatable bonds is 5. The first-order valence-corrected chi connectivity index (χ1v) is 6.93. The molecule has 0 spiro atoms. The number of primary amides is 1. The van der Waals surface area contributed by atoms with Crippen molar-refractivity contribution in [1.82, 2.24) is 0 Å². The summed E-state index contributed by atoms with van der Waals surface area (Å²) in [5.41, 5.74) is 7.50. The number of carboxylic acids is 1. The van der Waals surface area contributed by atoms with Gasteiger partial charge in [-0.05, 0) is 31.5 Å². The topological polar surface area (TPSA) is 92.9 Å². The van der Waals surface area contributed by atoms with Gasteiger partial charge in [-0.1, -0.05) is 6.07 Å². The van der Waals surface area contributed by atoms with Crippen molar-refractivity contribution in [3.63, 3.8) is 0 Å². The van der Waals surface area contributed by atoms with E-state index < -0.39 is 17.8 Å². The minimum absolute atomic E-state index is 0.189. The fourth-order valence-corrected chi connectivity index (χ4v) is 2.76. The van der Waals surface area contributed by atoms with E-state index in [9.17, 15) is 14.7 Å². The number of likely N-dealkylation sites (N-methyl/N-ethyl adjacent to an activating group) is 1. The van der Waals surface area contributed by atoms with Crippen LogP contribution in [0.3, 0.4) is 0 Å². The SMILES string of the molecule is CCN(c1cc(C)ccc1C(N)=O)C1COCC1C(=O)O. The molecule has 0 radical (unpaired) electrons. The first kappa shape index (κ1) is 15.3. The van der Waals surface area contributed by atoms with Crippen LogP contribution in [-0.2, 0) is 9.53 Å². The van der Waals surface area contributed by atoms with Crippen LogP contribution >= 0.6 is 0 Å². The molecule has 2 unspecified atom stereocenters. The van der Waals surface area contributed by atoms with E-state index in [-0.39, 0.29) is 12.6 Å². The minimum Gasteiger partial charge on any atom is -0.481 e. The van der Waals surface area contributed by atoms with Crippen molar-refractivity contribution >= 4 is 17.6 Å². The quantitative estimate of drug-likeness (QED) is 0.845. The summed E-state index contributed by atoms with van der Waals surface area (Å²) in [6, 6.07) is 5.06. The van der Waals surface area contributed by atoms with E-state index in [1.54, 1.807) is 6.07 Å². The minimum atomic E-state index is -0.885. The molecule has 0 aromatic heterocycles. The Morgan fingerprint density at radius 3 is 2.71 bits per heavy atom. The van der Waals surface area contributed by atoms with Crippen LogP contribution in [0.15, 0.2) is 18.2 Å². The summed E-state index contributed by atoms with van der Waals surface area (Å²) in [6.45, 7) is 4.93. The van der Waals surface area contributed by atoms with Crippen molar-refractivity contribution in [2.24, 2.45) is 11.7 Å². The van der Waals surface area contributed by atoms with Crippen molar-refractivity contribution in [1.29, 1.82) is 0 Å². The number of hydrogen-bond donors (Lipinski definition) is 2. The number of aliphatic carboxylic acids is 1. The van der Waals surface area contributed by atoms with Crippen LogP contribution in [0.1, 0.15) is 22.8 Å². The van der Waals surface area contributed by atoms with Gasteiger partial charge in [0.2, 0.25) is 0 Å². The second-order valence-corrected chi connectivity index (χ2v) is 5.22. The van der Waals surface area contributed by atoms with Gasteiger partial charge in [-0.15, -0.1) is 0 Å². The molecule has 1 aromatic carbocycles. The van der Waals surface area contributed by atoms with Crippen LogP contribution in [0.2, 0.25) is 0 Å². The summed E-state index contributed by atoms with van der Waals surface area (Å²) in [5, 5.41) is 9.31. The molecule has 0 bridgehead atoms. The monoisotopic (exact) mass is 292 g/mol. The fourth-order valence-electron chi connectivity index (χ4n) is 2.76. The fraction of sp³-hybridized carbons (Fsp3) is 0.467. The summed E-state index contributed by atoms with van der Waals surface area (Å²) in [5.74, 6) is -2.01. The summed E-state index contributed by atoms with van der Waals surface area (Å²) in [6.07, 6.45) is 0. The number of anilines is 1. The highest BCUT2D eigenvalue weighted by Gasteiger charge is 2.38. The zero-order valence-electron chi connectivity index (χ0n) is 12.2. The molecule has 3 N–H and O–H groups in total. The van der Waals surface area contributed by atoms with E-state index in [1.807, 2.05) is 30.9 Å². The Hall–Kier alpha value is -2.08. The highest BCUT2D eigenvalue weighted by atomic mass is 16.5. The maximum Gasteiger partial charge on any atom is 0.311 e. The van der Waals surface area contributed by atoms with Crippen LogP contribution in [-0.4, -0.2) is 42.8 Å². The van der Waals surface area contributed by atoms with E-state index in [2.05, 4.69) is 0 Å². The third-order valence-corrected chi connectivity index (χ3v) is 3.84. The summed E-state index contributed by atoms with van der Waals surface area (Å²) in [7, 11) is 0. The number of carbonyl (C=O) groups excluding carboxylic acids is 1. The van der Waals surface area contributed by atoms with Crippen LogP contribution < -0.4 is 10.6 Å². The number of carbonyl (C=O) groups is 2. The van der Waals surface area contributed by atoms with Gasteiger partial charge in [0.25, 0.3) is 5.91 Å². The number of aryl methyl sites for hydroxylation is 1. The van der Waals surface area contributed by atoms with Crippen molar-refractivity contribution in [2.45, 2.75) is 19.9 Å². The van der Waals surface area contributed by atoms with E-state index in [0.29, 0.717) is 24.4 Å². The van der Waals surface area contributed by atoms with Crippen molar-refractivity contribution < 1.29 is 19.4 Å². The van der Waals surface area contributed by atoms with Crippen LogP contribution in [0.25, 0.3) is 0 Å². The maximum absolute atomic E-state index is 11.6. The Labute approximate surface area is 123 Å². The largest absolute Gasteiger partial charge is 0.481 e. The number of hydrogen-bond acceptors (Lipinski definition) is 4. The predicted octanol–water partition coefficient (Wildman–Crippen LogP) is 1.02. The second kappa shape index (κ2) is 6.13. The molecular weight excluding hydrogens is 272 g/mol. The average molecular weight is 292 g/mol. The lowest BCUT2D eigenvalue weighted by Crippen LogP contribution is -2.44. The molecule has 1 aromatic rings. The predicted molar refractivity (Wildman–Crippen MR) is 78.4 cm³/mol. The van der Waals surface area contributed by atoms with E-state index >= 15 is 0 Å². The third kappa shape index (κ3) is 3.00. The lowest BCUT2D eigenvalue weighted by Gasteiger charge is -2.32. The first-order valence-electron chi connectivity index (χ1n) is 6.93. The summed E-state index contributed by atoms with van der Waals surface area (Å²) >= 11 is 0. The number of benzene rings is 1. The molecule has 6 heteroatoms. The van der Waals surface area contributed by atoms with E-state index in [4.69, 9.17) is 10.5 Å². The summed E-state index contributed by atoms with van der Waals surface area (Å²) < 4.78 is 5.33. The van der Waals surface area contributed by atoms with Gasteiger partial charge in [-0.2, -0.15) is 0 Å². The third-order valence-electron chi connectivity index (χ3n) is 3.84. The lowest BCUT2D eigenvalue weighted by atomic mass is 9.99. The number of nitrogens with two attached hydrogens (primary N) is 1. The Morgan fingerprint density at radius 1 is 1.43 bits per heavy atom. The molecule has 2 atom stereocenters. The number of nitrogens with zero attached hydrogens (tertiary/aromatic N) is 1. The molecule has 2 rings (SSSR count). The van der Waals surface area contributed by atoms with Gasteiger partial charge in [0.1, 0.15) is 5.92 Å². The standard InChI is InChI=1S/C15H20N2O4/c1-3-17(13-8-21-7-11(13)15(19)20)12-6-9(2)4-5-10(12)14(16)18/h4-6,11,13H,3,7-8H2,1-2H3,(H2,16,18)(H,19,20). The molecule has 6 nitrogen and oxygen atoms in total. The van der Waals surface area contributed by atoms with Gasteiger partial charge in [-0.3, -0.25) is 9.59 Å². The Kier molecular flexibility index (Phi) is 4.47. The number of carboxylic acid groups (broad SMARTS) is 1. The molecule has 1 aliphatic rings. The lowest BCUT2D eigenvalue weighted by molar-refractivity contribution is -0.141. The van der Waals surface area contributed by atoms with Crippen LogP contribution in [0.5, 0.6) is 0 Å². The smallest absolute Gasteiger partial charge is 0.311 e. The molecule has 1 fully saturated rings. The van der Waals surface area contributed by atoms with Crippen LogP contribution in [0.4, 0.5) is 5.69 Å². The molecule has 0 saturated carbocycles. The van der Waals surface area contributed by atoms with Gasteiger partial charge in [0, 0.05) is 6.54 Å². The summed E-state index contributed by atoms with van der Waals surface area (Å²) in [4.78, 5) is 24.9. The highest BCUT2D eigenvalue weighted by Crippen LogP contribution is 2.29. The van der Waals surface area contributed by atoms with Gasteiger partial charge in [0.05, 0.1) is 30.5 Å². The van der Waals surface area contributed by atoms with E-state index in [0.717, 1.165) is 5.56 Å².